The topological polar surface area (TPSA) is 100 Å². The van der Waals surface area contributed by atoms with E-state index in [0.29, 0.717) is 16.1 Å². The Kier molecular flexibility index (Phi) is 4.82. The van der Waals surface area contributed by atoms with Gasteiger partial charge in [0.1, 0.15) is 10.7 Å². The second kappa shape index (κ2) is 6.41. The van der Waals surface area contributed by atoms with Crippen LogP contribution in [0.3, 0.4) is 0 Å². The molecule has 20 heavy (non-hydrogen) atoms. The van der Waals surface area contributed by atoms with Gasteiger partial charge in [-0.3, -0.25) is 4.79 Å². The average molecular weight is 298 g/mol. The number of amides is 1. The number of hydrogen-bond donors (Lipinski definition) is 4. The van der Waals surface area contributed by atoms with Crippen molar-refractivity contribution in [1.29, 1.82) is 0 Å². The van der Waals surface area contributed by atoms with Gasteiger partial charge in [-0.15, -0.1) is 0 Å². The second-order valence-electron chi connectivity index (χ2n) is 5.43. The summed E-state index contributed by atoms with van der Waals surface area (Å²) in [7, 11) is 0. The number of aliphatic hydroxyl groups excluding tert-OH is 1. The molecule has 0 aromatic carbocycles. The minimum Gasteiger partial charge on any atom is -0.396 e. The van der Waals surface area contributed by atoms with Crippen LogP contribution in [0.2, 0.25) is 0 Å². The number of anilines is 2. The minimum absolute atomic E-state index is 0.000618. The van der Waals surface area contributed by atoms with Crippen LogP contribution in [0.15, 0.2) is 0 Å². The molecule has 112 valence electrons. The molecule has 1 aliphatic carbocycles. The molecule has 2 rings (SSSR count). The minimum atomic E-state index is -0.227. The van der Waals surface area contributed by atoms with Crippen molar-refractivity contribution in [1.82, 2.24) is 10.3 Å². The summed E-state index contributed by atoms with van der Waals surface area (Å²) in [5.74, 6) is 0.0355. The molecule has 7 heteroatoms. The molecule has 5 N–H and O–H groups in total. The van der Waals surface area contributed by atoms with E-state index in [1.54, 1.807) is 0 Å². The lowest BCUT2D eigenvalue weighted by molar-refractivity contribution is 0.0921. The van der Waals surface area contributed by atoms with Crippen molar-refractivity contribution in [3.05, 3.63) is 4.88 Å². The molecule has 0 spiro atoms. The van der Waals surface area contributed by atoms with E-state index >= 15 is 0 Å². The van der Waals surface area contributed by atoms with Crippen LogP contribution in [0.1, 0.15) is 42.8 Å². The third-order valence-electron chi connectivity index (χ3n) is 3.79. The fraction of sp³-hybridized carbons (Fsp3) is 0.692. The van der Waals surface area contributed by atoms with E-state index in [2.05, 4.69) is 15.6 Å². The van der Waals surface area contributed by atoms with Crippen molar-refractivity contribution in [2.75, 3.05) is 17.7 Å². The molecular weight excluding hydrogens is 276 g/mol. The number of thiazole rings is 1. The molecule has 1 fully saturated rings. The number of hydrogen-bond acceptors (Lipinski definition) is 6. The van der Waals surface area contributed by atoms with Gasteiger partial charge in [0.25, 0.3) is 5.91 Å². The van der Waals surface area contributed by atoms with Gasteiger partial charge in [-0.25, -0.2) is 4.98 Å². The number of nitrogen functional groups attached to an aromatic ring is 1. The molecule has 2 atom stereocenters. The first-order chi connectivity index (χ1) is 9.51. The molecule has 1 amide bonds. The van der Waals surface area contributed by atoms with E-state index in [4.69, 9.17) is 10.8 Å². The van der Waals surface area contributed by atoms with Crippen molar-refractivity contribution in [2.24, 2.45) is 5.92 Å². The highest BCUT2D eigenvalue weighted by Gasteiger charge is 2.23. The van der Waals surface area contributed by atoms with Crippen molar-refractivity contribution in [3.63, 3.8) is 0 Å². The molecule has 6 nitrogen and oxygen atoms in total. The van der Waals surface area contributed by atoms with Gasteiger partial charge in [-0.2, -0.15) is 0 Å². The third-order valence-corrected chi connectivity index (χ3v) is 4.79. The lowest BCUT2D eigenvalue weighted by Gasteiger charge is -2.25. The summed E-state index contributed by atoms with van der Waals surface area (Å²) in [5, 5.41) is 15.9. The fourth-order valence-electron chi connectivity index (χ4n) is 1.86. The van der Waals surface area contributed by atoms with Gasteiger partial charge in [-0.05, 0) is 32.1 Å². The van der Waals surface area contributed by atoms with Crippen LogP contribution in [-0.4, -0.2) is 34.7 Å². The first-order valence-corrected chi connectivity index (χ1v) is 7.77. The predicted molar refractivity (Wildman–Crippen MR) is 81.0 cm³/mol. The standard InChI is InChI=1S/C13H22N4O2S/c1-7(6-18)8(2)15-12(19)10-11(14)17-13(20-10)16-9-4-3-5-9/h7-9,18H,3-6,14H2,1-2H3,(H,15,19)(H,16,17). The van der Waals surface area contributed by atoms with Gasteiger partial charge in [0.15, 0.2) is 5.13 Å². The van der Waals surface area contributed by atoms with Gasteiger partial charge >= 0.3 is 0 Å². The number of carbonyl (C=O) groups is 1. The summed E-state index contributed by atoms with van der Waals surface area (Å²) in [6.45, 7) is 3.78. The van der Waals surface area contributed by atoms with Crippen molar-refractivity contribution < 1.29 is 9.90 Å². The maximum Gasteiger partial charge on any atom is 0.265 e. The number of rotatable bonds is 6. The van der Waals surface area contributed by atoms with E-state index in [1.165, 1.54) is 17.8 Å². The van der Waals surface area contributed by atoms with E-state index in [9.17, 15) is 4.79 Å². The first kappa shape index (κ1) is 15.1. The third kappa shape index (κ3) is 3.40. The Morgan fingerprint density at radius 3 is 2.80 bits per heavy atom. The Morgan fingerprint density at radius 1 is 1.55 bits per heavy atom. The SMILES string of the molecule is CC(CO)C(C)NC(=O)c1sc(NC2CCC2)nc1N. The van der Waals surface area contributed by atoms with Gasteiger partial charge in [-0.1, -0.05) is 18.3 Å². The molecule has 1 saturated carbocycles. The summed E-state index contributed by atoms with van der Waals surface area (Å²) in [6, 6.07) is 0.349. The highest BCUT2D eigenvalue weighted by atomic mass is 32.1. The average Bonchev–Trinajstić information content (AvgIpc) is 2.74. The molecule has 1 aromatic rings. The van der Waals surface area contributed by atoms with Crippen LogP contribution in [0.5, 0.6) is 0 Å². The molecule has 2 unspecified atom stereocenters. The Morgan fingerprint density at radius 2 is 2.25 bits per heavy atom. The second-order valence-corrected chi connectivity index (χ2v) is 6.43. The van der Waals surface area contributed by atoms with Gasteiger partial charge in [0.05, 0.1) is 0 Å². The van der Waals surface area contributed by atoms with Gasteiger partial charge in [0.2, 0.25) is 0 Å². The number of aliphatic hydroxyl groups is 1. The highest BCUT2D eigenvalue weighted by Crippen LogP contribution is 2.29. The number of nitrogens with one attached hydrogen (secondary N) is 2. The number of aromatic nitrogens is 1. The normalized spacial score (nSPS) is 18.1. The molecule has 0 saturated heterocycles. The molecule has 1 aromatic heterocycles. The zero-order chi connectivity index (χ0) is 14.7. The Hall–Kier alpha value is -1.34. The van der Waals surface area contributed by atoms with Crippen LogP contribution >= 0.6 is 11.3 Å². The monoisotopic (exact) mass is 298 g/mol. The van der Waals surface area contributed by atoms with E-state index < -0.39 is 0 Å². The molecule has 0 aliphatic heterocycles. The molecule has 0 bridgehead atoms. The summed E-state index contributed by atoms with van der Waals surface area (Å²) in [4.78, 5) is 16.8. The zero-order valence-corrected chi connectivity index (χ0v) is 12.7. The van der Waals surface area contributed by atoms with Crippen LogP contribution < -0.4 is 16.4 Å². The summed E-state index contributed by atoms with van der Waals surface area (Å²) >= 11 is 1.28. The number of carbonyl (C=O) groups excluding carboxylic acids is 1. The Bertz CT molecular complexity index is 473. The van der Waals surface area contributed by atoms with Crippen molar-refractivity contribution in [2.45, 2.75) is 45.2 Å². The summed E-state index contributed by atoms with van der Waals surface area (Å²) < 4.78 is 0. The number of nitrogens with two attached hydrogens (primary N) is 1. The first-order valence-electron chi connectivity index (χ1n) is 6.95. The van der Waals surface area contributed by atoms with Crippen LogP contribution in [-0.2, 0) is 0 Å². The Balaban J connectivity index is 1.98. The van der Waals surface area contributed by atoms with E-state index in [0.717, 1.165) is 12.8 Å². The highest BCUT2D eigenvalue weighted by molar-refractivity contribution is 7.18. The molecule has 1 heterocycles. The van der Waals surface area contributed by atoms with Gasteiger partial charge < -0.3 is 21.5 Å². The van der Waals surface area contributed by atoms with Crippen molar-refractivity contribution >= 4 is 28.2 Å². The fourth-order valence-corrected chi connectivity index (χ4v) is 2.72. The van der Waals surface area contributed by atoms with Gasteiger partial charge in [0, 0.05) is 18.7 Å². The van der Waals surface area contributed by atoms with Crippen molar-refractivity contribution in [3.8, 4) is 0 Å². The smallest absolute Gasteiger partial charge is 0.265 e. The quantitative estimate of drug-likeness (QED) is 0.636. The maximum absolute atomic E-state index is 12.1. The Labute approximate surface area is 122 Å². The lowest BCUT2D eigenvalue weighted by atomic mass is 9.93. The lowest BCUT2D eigenvalue weighted by Crippen LogP contribution is -2.38. The van der Waals surface area contributed by atoms with E-state index in [-0.39, 0.29) is 30.3 Å². The molecule has 1 aliphatic rings. The summed E-state index contributed by atoms with van der Waals surface area (Å²) in [6.07, 6.45) is 3.53. The summed E-state index contributed by atoms with van der Waals surface area (Å²) in [5.41, 5.74) is 5.81. The van der Waals surface area contributed by atoms with E-state index in [1.807, 2.05) is 13.8 Å². The molecular formula is C13H22N4O2S. The maximum atomic E-state index is 12.1. The zero-order valence-electron chi connectivity index (χ0n) is 11.8. The van der Waals surface area contributed by atoms with Crippen LogP contribution in [0.25, 0.3) is 0 Å². The van der Waals surface area contributed by atoms with Crippen LogP contribution in [0, 0.1) is 5.92 Å². The molecule has 0 radical (unpaired) electrons. The predicted octanol–water partition coefficient (Wildman–Crippen LogP) is 1.44. The van der Waals surface area contributed by atoms with Crippen LogP contribution in [0.4, 0.5) is 10.9 Å². The number of nitrogens with zero attached hydrogens (tertiary/aromatic N) is 1. The largest absolute Gasteiger partial charge is 0.396 e.